The average Bonchev–Trinajstić information content (AvgIpc) is 3.84. The molecule has 0 N–H and O–H groups in total. The first-order valence-corrected chi connectivity index (χ1v) is 18.7. The van der Waals surface area contributed by atoms with E-state index in [2.05, 4.69) is 183 Å². The van der Waals surface area contributed by atoms with Gasteiger partial charge in [0.25, 0.3) is 0 Å². The SMILES string of the molecule is CC1(C)c2ccccc2-c2ccc(N(c3ccc(-c4cccc5c4oc4c6ccccc6ccc54)cc3)c3cccc4sc5ccccc5c34)cc21. The van der Waals surface area contributed by atoms with Gasteiger partial charge in [-0.15, -0.1) is 11.3 Å². The minimum atomic E-state index is -0.102. The molecule has 246 valence electrons. The third-order valence-corrected chi connectivity index (χ3v) is 12.4. The predicted molar refractivity (Wildman–Crippen MR) is 222 cm³/mol. The van der Waals surface area contributed by atoms with Crippen LogP contribution in [0.25, 0.3) is 75.1 Å². The van der Waals surface area contributed by atoms with Crippen molar-refractivity contribution in [2.75, 3.05) is 4.90 Å². The first kappa shape index (κ1) is 29.6. The maximum Gasteiger partial charge on any atom is 0.143 e. The number of anilines is 3. The minimum Gasteiger partial charge on any atom is -0.455 e. The fourth-order valence-corrected chi connectivity index (χ4v) is 9.87. The highest BCUT2D eigenvalue weighted by Crippen LogP contribution is 2.52. The normalized spacial score (nSPS) is 13.3. The van der Waals surface area contributed by atoms with Gasteiger partial charge in [0, 0.05) is 58.7 Å². The Balaban J connectivity index is 1.10. The van der Waals surface area contributed by atoms with Crippen molar-refractivity contribution in [1.29, 1.82) is 0 Å². The standard InChI is InChI=1S/C49H33NOS/c1-49(2)41-17-7-5-13-36(41)37-28-26-33(29-42(37)49)50(43-18-10-20-45-46(43)40-14-6-8-19-44(40)52-45)32-24-21-31(22-25-32)35-15-9-16-38-39-27-23-30-11-3-4-12-34(30)48(39)51-47(35)38/h3-29H,1-2H3. The summed E-state index contributed by atoms with van der Waals surface area (Å²) >= 11 is 1.86. The number of nitrogens with zero attached hydrogens (tertiary/aromatic N) is 1. The number of hydrogen-bond donors (Lipinski definition) is 0. The summed E-state index contributed by atoms with van der Waals surface area (Å²) in [5.74, 6) is 0. The van der Waals surface area contributed by atoms with Crippen LogP contribution in [0, 0.1) is 0 Å². The van der Waals surface area contributed by atoms with Gasteiger partial charge in [0.1, 0.15) is 11.2 Å². The molecule has 2 aromatic heterocycles. The molecule has 1 aliphatic carbocycles. The smallest absolute Gasteiger partial charge is 0.143 e. The van der Waals surface area contributed by atoms with E-state index in [0.29, 0.717) is 0 Å². The van der Waals surface area contributed by atoms with Crippen LogP contribution in [0.5, 0.6) is 0 Å². The maximum absolute atomic E-state index is 6.73. The van der Waals surface area contributed by atoms with Crippen LogP contribution in [0.1, 0.15) is 25.0 Å². The zero-order valence-corrected chi connectivity index (χ0v) is 29.7. The molecule has 10 aromatic rings. The summed E-state index contributed by atoms with van der Waals surface area (Å²) < 4.78 is 9.32. The summed E-state index contributed by atoms with van der Waals surface area (Å²) in [6.45, 7) is 4.71. The van der Waals surface area contributed by atoms with Gasteiger partial charge in [-0.1, -0.05) is 129 Å². The summed E-state index contributed by atoms with van der Waals surface area (Å²) in [4.78, 5) is 2.46. The molecule has 0 saturated carbocycles. The third kappa shape index (κ3) is 4.17. The maximum atomic E-state index is 6.73. The van der Waals surface area contributed by atoms with E-state index in [9.17, 15) is 0 Å². The Morgan fingerprint density at radius 1 is 0.481 bits per heavy atom. The number of hydrogen-bond acceptors (Lipinski definition) is 3. The van der Waals surface area contributed by atoms with Crippen molar-refractivity contribution in [1.82, 2.24) is 0 Å². The third-order valence-electron chi connectivity index (χ3n) is 11.3. The monoisotopic (exact) mass is 683 g/mol. The largest absolute Gasteiger partial charge is 0.455 e. The Hall–Kier alpha value is -6.16. The number of fused-ring (bicyclic) bond motifs is 11. The van der Waals surface area contributed by atoms with Crippen molar-refractivity contribution >= 4 is 81.3 Å². The van der Waals surface area contributed by atoms with Crippen molar-refractivity contribution < 1.29 is 4.42 Å². The second-order valence-corrected chi connectivity index (χ2v) is 15.6. The molecule has 3 heteroatoms. The minimum absolute atomic E-state index is 0.102. The quantitative estimate of drug-likeness (QED) is 0.184. The summed E-state index contributed by atoms with van der Waals surface area (Å²) in [6, 6.07) is 59.9. The van der Waals surface area contributed by atoms with Crippen LogP contribution < -0.4 is 4.90 Å². The lowest BCUT2D eigenvalue weighted by Crippen LogP contribution is -2.16. The molecule has 0 fully saturated rings. The second-order valence-electron chi connectivity index (χ2n) is 14.5. The molecule has 52 heavy (non-hydrogen) atoms. The summed E-state index contributed by atoms with van der Waals surface area (Å²) in [5.41, 5.74) is 12.8. The number of benzene rings is 8. The Morgan fingerprint density at radius 3 is 2.06 bits per heavy atom. The number of rotatable bonds is 4. The topological polar surface area (TPSA) is 16.4 Å². The highest BCUT2D eigenvalue weighted by atomic mass is 32.1. The average molecular weight is 684 g/mol. The molecule has 2 heterocycles. The van der Waals surface area contributed by atoms with E-state index < -0.39 is 0 Å². The molecular weight excluding hydrogens is 651 g/mol. The lowest BCUT2D eigenvalue weighted by atomic mass is 9.82. The fourth-order valence-electron chi connectivity index (χ4n) is 8.74. The van der Waals surface area contributed by atoms with Crippen LogP contribution >= 0.6 is 11.3 Å². The van der Waals surface area contributed by atoms with Gasteiger partial charge in [-0.2, -0.15) is 0 Å². The van der Waals surface area contributed by atoms with Gasteiger partial charge in [0.2, 0.25) is 0 Å². The van der Waals surface area contributed by atoms with Crippen molar-refractivity contribution in [3.8, 4) is 22.3 Å². The van der Waals surface area contributed by atoms with Crippen LogP contribution in [0.3, 0.4) is 0 Å². The summed E-state index contributed by atoms with van der Waals surface area (Å²) in [7, 11) is 0. The first-order valence-electron chi connectivity index (χ1n) is 17.9. The van der Waals surface area contributed by atoms with E-state index in [4.69, 9.17) is 4.42 Å². The van der Waals surface area contributed by atoms with E-state index in [0.717, 1.165) is 49.8 Å². The Kier molecular flexibility index (Phi) is 6.21. The molecule has 0 unspecified atom stereocenters. The zero-order chi connectivity index (χ0) is 34.6. The van der Waals surface area contributed by atoms with E-state index in [1.807, 2.05) is 11.3 Å². The van der Waals surface area contributed by atoms with E-state index in [-0.39, 0.29) is 5.41 Å². The molecule has 2 nitrogen and oxygen atoms in total. The molecular formula is C49H33NOS. The van der Waals surface area contributed by atoms with E-state index in [1.54, 1.807) is 0 Å². The molecule has 11 rings (SSSR count). The fraction of sp³-hybridized carbons (Fsp3) is 0.0612. The molecule has 0 atom stereocenters. The van der Waals surface area contributed by atoms with Crippen molar-refractivity contribution in [3.05, 3.63) is 175 Å². The molecule has 0 spiro atoms. The van der Waals surface area contributed by atoms with Gasteiger partial charge >= 0.3 is 0 Å². The lowest BCUT2D eigenvalue weighted by Gasteiger charge is -2.29. The second kappa shape index (κ2) is 10.9. The van der Waals surface area contributed by atoms with Crippen molar-refractivity contribution in [3.63, 3.8) is 0 Å². The van der Waals surface area contributed by atoms with Gasteiger partial charge in [-0.25, -0.2) is 0 Å². The van der Waals surface area contributed by atoms with Crippen LogP contribution in [-0.4, -0.2) is 0 Å². The molecule has 0 bridgehead atoms. The molecule has 1 aliphatic rings. The number of para-hydroxylation sites is 1. The van der Waals surface area contributed by atoms with Gasteiger partial charge in [-0.3, -0.25) is 0 Å². The van der Waals surface area contributed by atoms with E-state index in [1.165, 1.54) is 53.5 Å². The molecule has 0 radical (unpaired) electrons. The van der Waals surface area contributed by atoms with Gasteiger partial charge in [-0.05, 0) is 81.7 Å². The van der Waals surface area contributed by atoms with Crippen LogP contribution in [0.15, 0.2) is 168 Å². The van der Waals surface area contributed by atoms with E-state index >= 15 is 0 Å². The van der Waals surface area contributed by atoms with Crippen LogP contribution in [0.2, 0.25) is 0 Å². The van der Waals surface area contributed by atoms with Crippen LogP contribution in [-0.2, 0) is 5.41 Å². The highest BCUT2D eigenvalue weighted by molar-refractivity contribution is 7.26. The Morgan fingerprint density at radius 2 is 1.15 bits per heavy atom. The molecule has 0 amide bonds. The molecule has 8 aromatic carbocycles. The zero-order valence-electron chi connectivity index (χ0n) is 28.9. The van der Waals surface area contributed by atoms with Gasteiger partial charge in [0.05, 0.1) is 5.69 Å². The predicted octanol–water partition coefficient (Wildman–Crippen LogP) is 14.6. The molecule has 0 saturated heterocycles. The van der Waals surface area contributed by atoms with Crippen molar-refractivity contribution in [2.45, 2.75) is 19.3 Å². The summed E-state index contributed by atoms with van der Waals surface area (Å²) in [5, 5.41) is 7.20. The van der Waals surface area contributed by atoms with Gasteiger partial charge in [0.15, 0.2) is 0 Å². The molecule has 0 aliphatic heterocycles. The summed E-state index contributed by atoms with van der Waals surface area (Å²) in [6.07, 6.45) is 0. The Bertz CT molecular complexity index is 3050. The highest BCUT2D eigenvalue weighted by Gasteiger charge is 2.36. The number of thiophene rings is 1. The van der Waals surface area contributed by atoms with Crippen molar-refractivity contribution in [2.24, 2.45) is 0 Å². The van der Waals surface area contributed by atoms with Crippen LogP contribution in [0.4, 0.5) is 17.1 Å². The van der Waals surface area contributed by atoms with Gasteiger partial charge < -0.3 is 9.32 Å². The number of furan rings is 1. The lowest BCUT2D eigenvalue weighted by molar-refractivity contribution is 0.660. The first-order chi connectivity index (χ1) is 25.5. The Labute approximate surface area is 305 Å².